The summed E-state index contributed by atoms with van der Waals surface area (Å²) in [5.41, 5.74) is 9.04. The number of benzene rings is 1. The minimum absolute atomic E-state index is 0. The minimum Gasteiger partial charge on any atom is -0.326 e. The molecule has 1 aromatic carbocycles. The summed E-state index contributed by atoms with van der Waals surface area (Å²) >= 11 is 5.56. The lowest BCUT2D eigenvalue weighted by Gasteiger charge is -2.00. The van der Waals surface area contributed by atoms with E-state index in [2.05, 4.69) is 0 Å². The van der Waals surface area contributed by atoms with E-state index in [9.17, 15) is 0 Å². The van der Waals surface area contributed by atoms with Crippen LogP contribution in [0.2, 0.25) is 0 Å². The Bertz CT molecular complexity index is 244. The molecule has 66 valence electrons. The lowest BCUT2D eigenvalue weighted by Crippen LogP contribution is -2.01. The highest BCUT2D eigenvalue weighted by Gasteiger charge is 1.95. The lowest BCUT2D eigenvalue weighted by atomic mass is 10.1. The predicted octanol–water partition coefficient (Wildman–Crippen LogP) is 2.65. The van der Waals surface area contributed by atoms with Crippen LogP contribution in [0.4, 0.5) is 0 Å². The quantitative estimate of drug-likeness (QED) is 0.787. The molecule has 0 radical (unpaired) electrons. The Morgan fingerprint density at radius 1 is 1.33 bits per heavy atom. The minimum atomic E-state index is 0. The molecule has 0 aliphatic heterocycles. The Labute approximate surface area is 83.6 Å². The van der Waals surface area contributed by atoms with Crippen LogP contribution in [-0.4, -0.2) is 6.54 Å². The third-order valence-corrected chi connectivity index (χ3v) is 1.76. The molecule has 1 aromatic rings. The molecule has 0 saturated carbocycles. The number of halogens is 2. The van der Waals surface area contributed by atoms with E-state index in [0.29, 0.717) is 6.54 Å². The van der Waals surface area contributed by atoms with Gasteiger partial charge < -0.3 is 5.73 Å². The third-order valence-electron chi connectivity index (χ3n) is 1.50. The predicted molar refractivity (Wildman–Crippen MR) is 56.6 cm³/mol. The Balaban J connectivity index is 0.00000121. The zero-order chi connectivity index (χ0) is 8.10. The first kappa shape index (κ1) is 11.5. The van der Waals surface area contributed by atoms with Gasteiger partial charge in [0.05, 0.1) is 0 Å². The fourth-order valence-corrected chi connectivity index (χ4v) is 1.09. The zero-order valence-electron chi connectivity index (χ0n) is 6.53. The molecule has 0 aromatic heterocycles. The van der Waals surface area contributed by atoms with E-state index in [1.807, 2.05) is 30.3 Å². The van der Waals surface area contributed by atoms with Crippen molar-refractivity contribution in [2.24, 2.45) is 5.73 Å². The average molecular weight is 204 g/mol. The van der Waals surface area contributed by atoms with E-state index in [4.69, 9.17) is 17.3 Å². The van der Waals surface area contributed by atoms with Crippen molar-refractivity contribution in [1.82, 2.24) is 0 Å². The molecule has 12 heavy (non-hydrogen) atoms. The summed E-state index contributed by atoms with van der Waals surface area (Å²) in [6, 6.07) is 9.87. The molecule has 0 spiro atoms. The number of hydrogen-bond donors (Lipinski definition) is 1. The van der Waals surface area contributed by atoms with Crippen molar-refractivity contribution in [1.29, 1.82) is 0 Å². The molecule has 0 aliphatic rings. The van der Waals surface area contributed by atoms with Crippen LogP contribution in [0, 0.1) is 0 Å². The van der Waals surface area contributed by atoms with Gasteiger partial charge >= 0.3 is 0 Å². The highest BCUT2D eigenvalue weighted by Crippen LogP contribution is 2.12. The molecule has 0 bridgehead atoms. The molecule has 0 unspecified atom stereocenters. The standard InChI is InChI=1S/C9H10ClN.ClH/c10-6-9(7-11)8-4-2-1-3-5-8;/h1-6H,7,11H2;1H/b9-6+;. The summed E-state index contributed by atoms with van der Waals surface area (Å²) in [7, 11) is 0. The second-order valence-corrected chi connectivity index (χ2v) is 2.42. The molecule has 3 heteroatoms. The number of rotatable bonds is 2. The first-order valence-electron chi connectivity index (χ1n) is 3.43. The van der Waals surface area contributed by atoms with Gasteiger partial charge in [-0.2, -0.15) is 0 Å². The molecule has 0 aliphatic carbocycles. The van der Waals surface area contributed by atoms with Gasteiger partial charge in [-0.3, -0.25) is 0 Å². The maximum absolute atomic E-state index is 5.56. The van der Waals surface area contributed by atoms with Crippen molar-refractivity contribution >= 4 is 29.6 Å². The zero-order valence-corrected chi connectivity index (χ0v) is 8.11. The molecule has 0 heterocycles. The van der Waals surface area contributed by atoms with Crippen molar-refractivity contribution in [3.8, 4) is 0 Å². The Morgan fingerprint density at radius 3 is 2.33 bits per heavy atom. The summed E-state index contributed by atoms with van der Waals surface area (Å²) in [4.78, 5) is 0. The monoisotopic (exact) mass is 203 g/mol. The van der Waals surface area contributed by atoms with Crippen molar-refractivity contribution in [2.75, 3.05) is 6.54 Å². The van der Waals surface area contributed by atoms with Crippen LogP contribution in [0.15, 0.2) is 35.9 Å². The highest BCUT2D eigenvalue weighted by atomic mass is 35.5. The van der Waals surface area contributed by atoms with Crippen molar-refractivity contribution in [2.45, 2.75) is 0 Å². The van der Waals surface area contributed by atoms with Crippen LogP contribution in [0.3, 0.4) is 0 Å². The molecular formula is C9H11Cl2N. The average Bonchev–Trinajstić information content (AvgIpc) is 2.09. The van der Waals surface area contributed by atoms with E-state index in [1.54, 1.807) is 0 Å². The van der Waals surface area contributed by atoms with Crippen LogP contribution in [0.1, 0.15) is 5.56 Å². The molecule has 1 nitrogen and oxygen atoms in total. The third kappa shape index (κ3) is 2.86. The second kappa shape index (κ2) is 6.06. The Morgan fingerprint density at radius 2 is 1.92 bits per heavy atom. The Hall–Kier alpha value is -0.500. The van der Waals surface area contributed by atoms with Gasteiger partial charge in [-0.05, 0) is 11.1 Å². The van der Waals surface area contributed by atoms with Gasteiger partial charge in [0.1, 0.15) is 0 Å². The summed E-state index contributed by atoms with van der Waals surface area (Å²) in [5.74, 6) is 0. The van der Waals surface area contributed by atoms with Gasteiger partial charge in [0, 0.05) is 12.1 Å². The van der Waals surface area contributed by atoms with Crippen LogP contribution in [0.5, 0.6) is 0 Å². The number of hydrogen-bond acceptors (Lipinski definition) is 1. The topological polar surface area (TPSA) is 26.0 Å². The van der Waals surface area contributed by atoms with Crippen LogP contribution in [-0.2, 0) is 0 Å². The van der Waals surface area contributed by atoms with Crippen LogP contribution < -0.4 is 5.73 Å². The number of nitrogens with two attached hydrogens (primary N) is 1. The lowest BCUT2D eigenvalue weighted by molar-refractivity contribution is 1.27. The molecule has 0 amide bonds. The smallest absolute Gasteiger partial charge is 0.0192 e. The van der Waals surface area contributed by atoms with Crippen LogP contribution in [0.25, 0.3) is 5.57 Å². The van der Waals surface area contributed by atoms with E-state index < -0.39 is 0 Å². The van der Waals surface area contributed by atoms with Gasteiger partial charge in [-0.15, -0.1) is 12.4 Å². The molecule has 0 saturated heterocycles. The van der Waals surface area contributed by atoms with E-state index in [0.717, 1.165) is 11.1 Å². The first-order valence-corrected chi connectivity index (χ1v) is 3.87. The molecule has 1 rings (SSSR count). The Kier molecular flexibility index (Phi) is 5.81. The largest absolute Gasteiger partial charge is 0.326 e. The van der Waals surface area contributed by atoms with E-state index in [1.165, 1.54) is 5.54 Å². The van der Waals surface area contributed by atoms with Crippen molar-refractivity contribution in [3.63, 3.8) is 0 Å². The SMILES string of the molecule is Cl.NC/C(=C\Cl)c1ccccc1. The summed E-state index contributed by atoms with van der Waals surface area (Å²) in [6.45, 7) is 0.480. The van der Waals surface area contributed by atoms with Crippen molar-refractivity contribution < 1.29 is 0 Å². The highest BCUT2D eigenvalue weighted by molar-refractivity contribution is 6.28. The fraction of sp³-hybridized carbons (Fsp3) is 0.111. The molecular weight excluding hydrogens is 193 g/mol. The summed E-state index contributed by atoms with van der Waals surface area (Å²) in [6.07, 6.45) is 0. The van der Waals surface area contributed by atoms with Gasteiger partial charge in [0.25, 0.3) is 0 Å². The molecule has 0 atom stereocenters. The molecule has 0 fully saturated rings. The normalized spacial score (nSPS) is 10.7. The van der Waals surface area contributed by atoms with Gasteiger partial charge in [0.2, 0.25) is 0 Å². The van der Waals surface area contributed by atoms with Crippen LogP contribution >= 0.6 is 24.0 Å². The van der Waals surface area contributed by atoms with Crippen molar-refractivity contribution in [3.05, 3.63) is 41.4 Å². The van der Waals surface area contributed by atoms with Gasteiger partial charge in [-0.1, -0.05) is 41.9 Å². The fourth-order valence-electron chi connectivity index (χ4n) is 0.878. The maximum Gasteiger partial charge on any atom is 0.0192 e. The molecule has 2 N–H and O–H groups in total. The maximum atomic E-state index is 5.56. The van der Waals surface area contributed by atoms with E-state index in [-0.39, 0.29) is 12.4 Å². The second-order valence-electron chi connectivity index (χ2n) is 2.20. The first-order chi connectivity index (χ1) is 5.38. The van der Waals surface area contributed by atoms with Gasteiger partial charge in [-0.25, -0.2) is 0 Å². The van der Waals surface area contributed by atoms with E-state index >= 15 is 0 Å². The summed E-state index contributed by atoms with van der Waals surface area (Å²) < 4.78 is 0. The summed E-state index contributed by atoms with van der Waals surface area (Å²) in [5, 5.41) is 0. The van der Waals surface area contributed by atoms with Gasteiger partial charge in [0.15, 0.2) is 0 Å².